The van der Waals surface area contributed by atoms with Gasteiger partial charge in [0.1, 0.15) is 40.2 Å². The van der Waals surface area contributed by atoms with Crippen LogP contribution in [0.2, 0.25) is 0 Å². The number of phenols is 1. The fraction of sp³-hybridized carbons (Fsp3) is 0.479. The number of nitrogens with one attached hydrogen (secondary N) is 1. The second kappa shape index (κ2) is 17.3. The Balaban J connectivity index is 1.65. The first-order valence-corrected chi connectivity index (χ1v) is 21.0. The minimum Gasteiger partial charge on any atom is -0.507 e. The van der Waals surface area contributed by atoms with E-state index in [1.165, 1.54) is 59.3 Å². The van der Waals surface area contributed by atoms with Crippen molar-refractivity contribution in [2.45, 2.75) is 113 Å². The Morgan fingerprint density at radius 2 is 1.62 bits per heavy atom. The fourth-order valence-corrected chi connectivity index (χ4v) is 8.49. The number of anilines is 1. The molecule has 15 nitrogen and oxygen atoms in total. The molecule has 6 rings (SSSR count). The van der Waals surface area contributed by atoms with Gasteiger partial charge in [-0.2, -0.15) is 0 Å². The molecule has 4 N–H and O–H groups in total. The summed E-state index contributed by atoms with van der Waals surface area (Å²) in [5, 5.41) is 37.6. The molecule has 1 amide bonds. The Morgan fingerprint density at radius 3 is 2.25 bits per heavy atom. The number of carbonyl (C=O) groups is 2. The lowest BCUT2D eigenvalue weighted by Crippen LogP contribution is -2.43. The van der Waals surface area contributed by atoms with Gasteiger partial charge in [-0.1, -0.05) is 52.8 Å². The zero-order valence-corrected chi connectivity index (χ0v) is 38.0. The third-order valence-corrected chi connectivity index (χ3v) is 12.4. The highest BCUT2D eigenvalue weighted by Crippen LogP contribution is 2.42. The monoisotopic (exact) mass is 870 g/mol. The summed E-state index contributed by atoms with van der Waals surface area (Å²) in [5.74, 6) is -5.55. The minimum absolute atomic E-state index is 0.0416. The number of carbonyl (C=O) groups excluding carboxylic acids is 2. The number of amides is 1. The number of aromatic nitrogens is 1. The lowest BCUT2D eigenvalue weighted by molar-refractivity contribution is -0.157. The molecule has 3 heterocycles. The number of aliphatic hydroxyl groups is 2. The molecule has 2 aliphatic heterocycles. The Morgan fingerprint density at radius 1 is 0.937 bits per heavy atom. The van der Waals surface area contributed by atoms with Crippen LogP contribution in [0.15, 0.2) is 62.3 Å². The van der Waals surface area contributed by atoms with E-state index in [0.29, 0.717) is 0 Å². The molecule has 2 aliphatic rings. The Kier molecular flexibility index (Phi) is 12.8. The number of aliphatic hydroxyl groups excluding tert-OH is 2. The van der Waals surface area contributed by atoms with Crippen molar-refractivity contribution in [2.75, 3.05) is 12.4 Å². The van der Waals surface area contributed by atoms with Gasteiger partial charge >= 0.3 is 11.8 Å². The van der Waals surface area contributed by atoms with Gasteiger partial charge in [0.15, 0.2) is 22.4 Å². The van der Waals surface area contributed by atoms with Gasteiger partial charge < -0.3 is 48.7 Å². The highest BCUT2D eigenvalue weighted by molar-refractivity contribution is 6.16. The van der Waals surface area contributed by atoms with Gasteiger partial charge in [0.05, 0.1) is 29.1 Å². The highest BCUT2D eigenvalue weighted by atomic mass is 16.7. The number of phenolic OH excluding ortho intramolecular Hbond substituents is 1. The number of ether oxygens (including phenoxy) is 5. The van der Waals surface area contributed by atoms with E-state index in [9.17, 15) is 34.5 Å². The number of nitrogens with zero attached hydrogens (tertiary/aromatic N) is 1. The van der Waals surface area contributed by atoms with Crippen LogP contribution in [-0.2, 0) is 23.8 Å². The number of fused-ring (bicyclic) bond motifs is 2. The molecule has 4 aromatic rings. The van der Waals surface area contributed by atoms with Gasteiger partial charge in [0.2, 0.25) is 10.9 Å². The van der Waals surface area contributed by atoms with Crippen molar-refractivity contribution in [1.82, 2.24) is 4.98 Å². The number of hydrogen-bond donors (Lipinski definition) is 4. The van der Waals surface area contributed by atoms with Gasteiger partial charge in [-0.3, -0.25) is 19.2 Å². The summed E-state index contributed by atoms with van der Waals surface area (Å²) < 4.78 is 36.5. The molecule has 0 radical (unpaired) electrons. The van der Waals surface area contributed by atoms with Crippen molar-refractivity contribution >= 4 is 56.3 Å². The quantitative estimate of drug-likeness (QED) is 0.0927. The third kappa shape index (κ3) is 8.72. The smallest absolute Gasteiger partial charge is 0.307 e. The summed E-state index contributed by atoms with van der Waals surface area (Å²) in [7, 11) is 1.50. The van der Waals surface area contributed by atoms with Crippen molar-refractivity contribution in [3.63, 3.8) is 0 Å². The Labute approximate surface area is 365 Å². The van der Waals surface area contributed by atoms with E-state index in [-0.39, 0.29) is 90.2 Å². The molecule has 1 aromatic heterocycles. The molecule has 0 saturated carbocycles. The number of esters is 1. The van der Waals surface area contributed by atoms with E-state index >= 15 is 0 Å². The van der Waals surface area contributed by atoms with Gasteiger partial charge in [-0.15, -0.1) is 0 Å². The molecule has 9 atom stereocenters. The number of methoxy groups -OCH3 is 1. The van der Waals surface area contributed by atoms with Crippen molar-refractivity contribution in [3.05, 3.63) is 79.5 Å². The molecule has 63 heavy (non-hydrogen) atoms. The Bertz CT molecular complexity index is 2770. The van der Waals surface area contributed by atoms with Gasteiger partial charge in [0, 0.05) is 61.4 Å². The zero-order valence-electron chi connectivity index (χ0n) is 38.0. The number of aromatic hydroxyl groups is 1. The second-order valence-electron chi connectivity index (χ2n) is 18.1. The summed E-state index contributed by atoms with van der Waals surface area (Å²) >= 11 is 0. The van der Waals surface area contributed by atoms with E-state index in [0.717, 1.165) is 0 Å². The fourth-order valence-electron chi connectivity index (χ4n) is 8.49. The molecular formula is C48H58N2O13. The van der Waals surface area contributed by atoms with Gasteiger partial charge in [-0.25, -0.2) is 4.98 Å². The summed E-state index contributed by atoms with van der Waals surface area (Å²) in [6.45, 7) is 20.8. The number of rotatable bonds is 3. The van der Waals surface area contributed by atoms with Crippen LogP contribution in [-0.4, -0.2) is 69.0 Å². The summed E-state index contributed by atoms with van der Waals surface area (Å²) in [6, 6.07) is 2.70. The summed E-state index contributed by atoms with van der Waals surface area (Å²) in [5.41, 5.74) is -2.96. The number of allylic oxidation sites excluding steroid dienone is 2. The maximum atomic E-state index is 14.7. The minimum atomic E-state index is -1.95. The molecule has 0 saturated heterocycles. The summed E-state index contributed by atoms with van der Waals surface area (Å²) in [4.78, 5) is 59.5. The van der Waals surface area contributed by atoms with Gasteiger partial charge in [-0.05, 0) is 58.4 Å². The largest absolute Gasteiger partial charge is 0.507 e. The van der Waals surface area contributed by atoms with Crippen LogP contribution in [0.25, 0.3) is 38.7 Å². The predicted octanol–water partition coefficient (Wildman–Crippen LogP) is 7.01. The molecule has 15 heteroatoms. The molecule has 0 fully saturated rings. The van der Waals surface area contributed by atoms with Crippen LogP contribution >= 0.6 is 0 Å². The van der Waals surface area contributed by atoms with Crippen LogP contribution in [0.1, 0.15) is 81.7 Å². The maximum Gasteiger partial charge on any atom is 0.307 e. The summed E-state index contributed by atoms with van der Waals surface area (Å²) in [6.07, 6.45) is 5.62. The van der Waals surface area contributed by atoms with Crippen molar-refractivity contribution in [1.29, 1.82) is 0 Å². The van der Waals surface area contributed by atoms with E-state index in [4.69, 9.17) is 33.1 Å². The van der Waals surface area contributed by atoms with Gasteiger partial charge in [0.25, 0.3) is 5.91 Å². The van der Waals surface area contributed by atoms with Crippen molar-refractivity contribution < 1.29 is 53.0 Å². The maximum absolute atomic E-state index is 14.7. The highest BCUT2D eigenvalue weighted by Gasteiger charge is 2.44. The Hall–Kier alpha value is -5.93. The number of hydrogen-bond acceptors (Lipinski definition) is 14. The molecule has 0 unspecified atom stereocenters. The third-order valence-electron chi connectivity index (χ3n) is 12.4. The number of benzene rings is 3. The SMILES string of the molecule is CO[C@H]1/C=C/O[C@@]2(C)Oc3c(C)c(O)c4c(=O)c(c5oc6cc(OC(C)(C)C)cc(=O)c6nc5c4c3=C2O)NC(=O)/C(C)=C\C=C\[C@H](C)[C@H](O)[C@@H](C)[C@@H](C)[C@@H](C)[C@H](OC(C)=O)[C@@H]1C. The first-order valence-electron chi connectivity index (χ1n) is 21.0. The lowest BCUT2D eigenvalue weighted by Gasteiger charge is -2.39. The average molecular weight is 871 g/mol. The van der Waals surface area contributed by atoms with E-state index in [1.807, 2.05) is 34.6 Å². The standard InChI is InChI=1S/C48H58N2O13/c1-21-15-14-16-22(2)46(57)50-38-41(55)34-33(37-44(38)61-32-20-29(62-47(9,10)11)19-30(52)36(32)49-37)35-43(27(7)40(34)54)63-48(12,45(35)56)59-18-17-31(58-13)26(6)42(60-28(8)51)25(5)23(3)24(4)39(21)53/h14-21,23-26,31,39,42,53-54,56H,1-13H3,(H,50,57)/b15-14+,18-17+,22-16-/t21-,23+,24-,25+,26+,31-,39-,42-,48-/m0/s1. The normalized spacial score (nSPS) is 29.2. The van der Waals surface area contributed by atoms with Crippen LogP contribution in [0.5, 0.6) is 17.2 Å². The zero-order chi connectivity index (χ0) is 46.6. The van der Waals surface area contributed by atoms with E-state index < -0.39 is 69.9 Å². The topological polar surface area (TPSA) is 213 Å². The first-order chi connectivity index (χ1) is 29.4. The van der Waals surface area contributed by atoms with E-state index in [2.05, 4.69) is 5.32 Å². The molecule has 4 bridgehead atoms. The predicted molar refractivity (Wildman–Crippen MR) is 239 cm³/mol. The van der Waals surface area contributed by atoms with Crippen LogP contribution < -0.4 is 30.9 Å². The van der Waals surface area contributed by atoms with Crippen LogP contribution in [0, 0.1) is 36.5 Å². The molecule has 338 valence electrons. The molecular weight excluding hydrogens is 813 g/mol. The van der Waals surface area contributed by atoms with Crippen molar-refractivity contribution in [2.24, 2.45) is 29.6 Å². The van der Waals surface area contributed by atoms with Crippen molar-refractivity contribution in [3.8, 4) is 17.2 Å². The average Bonchev–Trinajstić information content (AvgIpc) is 3.47. The second-order valence-corrected chi connectivity index (χ2v) is 18.1. The first kappa shape index (κ1) is 46.6. The van der Waals surface area contributed by atoms with Crippen LogP contribution in [0.4, 0.5) is 5.69 Å². The molecule has 3 aromatic carbocycles. The molecule has 0 spiro atoms. The lowest BCUT2D eigenvalue weighted by atomic mass is 9.73. The van der Waals surface area contributed by atoms with E-state index in [1.54, 1.807) is 39.0 Å². The van der Waals surface area contributed by atoms with Crippen LogP contribution in [0.3, 0.4) is 0 Å². The molecule has 0 aliphatic carbocycles.